The van der Waals surface area contributed by atoms with Crippen molar-refractivity contribution in [3.8, 4) is 0 Å². The van der Waals surface area contributed by atoms with Crippen molar-refractivity contribution in [2.24, 2.45) is 0 Å². The van der Waals surface area contributed by atoms with Crippen LogP contribution < -0.4 is 0 Å². The van der Waals surface area contributed by atoms with Gasteiger partial charge in [0.1, 0.15) is 6.10 Å². The van der Waals surface area contributed by atoms with Gasteiger partial charge in [0.25, 0.3) is 0 Å². The molecular formula is C44H84O4. The normalized spacial score (nSPS) is 12.5. The van der Waals surface area contributed by atoms with E-state index in [9.17, 15) is 9.90 Å². The zero-order valence-electron chi connectivity index (χ0n) is 32.5. The molecule has 0 rings (SSSR count). The van der Waals surface area contributed by atoms with Gasteiger partial charge in [0, 0.05) is 13.0 Å². The number of carbonyl (C=O) groups is 1. The van der Waals surface area contributed by atoms with Crippen LogP contribution in [0.4, 0.5) is 0 Å². The third-order valence-electron chi connectivity index (χ3n) is 9.53. The van der Waals surface area contributed by atoms with E-state index in [1.54, 1.807) is 0 Å². The maximum absolute atomic E-state index is 12.2. The van der Waals surface area contributed by atoms with Gasteiger partial charge >= 0.3 is 5.97 Å². The summed E-state index contributed by atoms with van der Waals surface area (Å²) in [5.41, 5.74) is 0. The molecule has 1 N–H and O–H groups in total. The molecule has 1 unspecified atom stereocenters. The van der Waals surface area contributed by atoms with E-state index in [2.05, 4.69) is 38.2 Å². The first-order chi connectivity index (χ1) is 23.7. The van der Waals surface area contributed by atoms with Crippen molar-refractivity contribution >= 4 is 5.97 Å². The molecule has 0 spiro atoms. The highest BCUT2D eigenvalue weighted by Gasteiger charge is 2.13. The molecule has 1 atom stereocenters. The zero-order chi connectivity index (χ0) is 34.9. The van der Waals surface area contributed by atoms with Crippen LogP contribution >= 0.6 is 0 Å². The van der Waals surface area contributed by atoms with Gasteiger partial charge < -0.3 is 14.6 Å². The molecule has 0 fully saturated rings. The third kappa shape index (κ3) is 39.3. The largest absolute Gasteiger partial charge is 0.457 e. The van der Waals surface area contributed by atoms with Crippen LogP contribution in [0.25, 0.3) is 0 Å². The number of allylic oxidation sites excluding steroid dienone is 4. The minimum absolute atomic E-state index is 0.167. The molecule has 0 aliphatic rings. The van der Waals surface area contributed by atoms with Gasteiger partial charge in [-0.05, 0) is 44.9 Å². The number of rotatable bonds is 40. The number of aliphatic hydroxyl groups is 1. The Morgan fingerprint density at radius 3 is 1.29 bits per heavy atom. The summed E-state index contributed by atoms with van der Waals surface area (Å²) in [4.78, 5) is 12.2. The Bertz CT molecular complexity index is 673. The monoisotopic (exact) mass is 677 g/mol. The Kier molecular flexibility index (Phi) is 41.0. The lowest BCUT2D eigenvalue weighted by atomic mass is 10.0. The van der Waals surface area contributed by atoms with E-state index in [1.807, 2.05) is 0 Å². The Morgan fingerprint density at radius 2 is 0.875 bits per heavy atom. The topological polar surface area (TPSA) is 55.8 Å². The highest BCUT2D eigenvalue weighted by molar-refractivity contribution is 5.69. The first kappa shape index (κ1) is 46.9. The SMILES string of the molecule is CCCCCCC/C=C\C/C=C\CCCCCCCCCCCCCCCC(=O)OC(CO)COCCCCCCCCCCCCC. The summed E-state index contributed by atoms with van der Waals surface area (Å²) in [6.45, 7) is 5.36. The highest BCUT2D eigenvalue weighted by Crippen LogP contribution is 2.15. The summed E-state index contributed by atoms with van der Waals surface area (Å²) in [6.07, 6.45) is 51.0. The van der Waals surface area contributed by atoms with E-state index in [0.717, 1.165) is 25.7 Å². The van der Waals surface area contributed by atoms with E-state index in [4.69, 9.17) is 9.47 Å². The molecule has 284 valence electrons. The maximum atomic E-state index is 12.2. The Hall–Kier alpha value is -1.13. The van der Waals surface area contributed by atoms with E-state index in [0.29, 0.717) is 19.6 Å². The summed E-state index contributed by atoms with van der Waals surface area (Å²) in [5, 5.41) is 9.57. The highest BCUT2D eigenvalue weighted by atomic mass is 16.6. The summed E-state index contributed by atoms with van der Waals surface area (Å²) in [6, 6.07) is 0. The quantitative estimate of drug-likeness (QED) is 0.0399. The van der Waals surface area contributed by atoms with Crippen LogP contribution in [-0.4, -0.2) is 37.0 Å². The Labute approximate surface area is 300 Å². The molecule has 0 saturated carbocycles. The fourth-order valence-corrected chi connectivity index (χ4v) is 6.30. The molecule has 48 heavy (non-hydrogen) atoms. The first-order valence-corrected chi connectivity index (χ1v) is 21.4. The molecule has 0 amide bonds. The molecule has 0 aromatic heterocycles. The first-order valence-electron chi connectivity index (χ1n) is 21.4. The molecule has 0 aliphatic carbocycles. The molecule has 0 saturated heterocycles. The lowest BCUT2D eigenvalue weighted by Crippen LogP contribution is -2.27. The average Bonchev–Trinajstić information content (AvgIpc) is 3.09. The standard InChI is InChI=1S/C44H84O4/c1-3-5-7-9-11-13-15-16-17-18-19-20-21-22-23-24-25-26-27-28-29-31-33-35-37-39-44(46)48-43(41-45)42-47-40-38-36-34-32-30-14-12-10-8-6-4-2/h15-16,18-19,43,45H,3-14,17,20-42H2,1-2H3/b16-15-,19-18-. The minimum Gasteiger partial charge on any atom is -0.457 e. The van der Waals surface area contributed by atoms with Gasteiger partial charge in [-0.2, -0.15) is 0 Å². The van der Waals surface area contributed by atoms with Crippen molar-refractivity contribution in [3.05, 3.63) is 24.3 Å². The van der Waals surface area contributed by atoms with E-state index in [1.165, 1.54) is 180 Å². The molecule has 0 radical (unpaired) electrons. The number of esters is 1. The van der Waals surface area contributed by atoms with Crippen molar-refractivity contribution < 1.29 is 19.4 Å². The van der Waals surface area contributed by atoms with Crippen LogP contribution in [0.3, 0.4) is 0 Å². The van der Waals surface area contributed by atoms with E-state index < -0.39 is 6.10 Å². The van der Waals surface area contributed by atoms with Gasteiger partial charge in [0.05, 0.1) is 13.2 Å². The van der Waals surface area contributed by atoms with Gasteiger partial charge in [0.2, 0.25) is 0 Å². The second-order valence-corrected chi connectivity index (χ2v) is 14.4. The second-order valence-electron chi connectivity index (χ2n) is 14.4. The second kappa shape index (κ2) is 42.0. The number of unbranched alkanes of at least 4 members (excludes halogenated alkanes) is 28. The smallest absolute Gasteiger partial charge is 0.306 e. The Balaban J connectivity index is 3.38. The molecular weight excluding hydrogens is 592 g/mol. The van der Waals surface area contributed by atoms with Crippen LogP contribution in [-0.2, 0) is 14.3 Å². The summed E-state index contributed by atoms with van der Waals surface area (Å²) < 4.78 is 11.1. The van der Waals surface area contributed by atoms with Crippen molar-refractivity contribution in [2.75, 3.05) is 19.8 Å². The molecule has 0 aromatic rings. The lowest BCUT2D eigenvalue weighted by molar-refractivity contribution is -0.154. The van der Waals surface area contributed by atoms with Crippen LogP contribution in [0.15, 0.2) is 24.3 Å². The van der Waals surface area contributed by atoms with Gasteiger partial charge in [-0.1, -0.05) is 199 Å². The molecule has 0 heterocycles. The van der Waals surface area contributed by atoms with Crippen LogP contribution in [0.2, 0.25) is 0 Å². The predicted octanol–water partition coefficient (Wildman–Crippen LogP) is 13.9. The van der Waals surface area contributed by atoms with Gasteiger partial charge in [-0.15, -0.1) is 0 Å². The molecule has 4 heteroatoms. The molecule has 0 aromatic carbocycles. The van der Waals surface area contributed by atoms with E-state index >= 15 is 0 Å². The number of ether oxygens (including phenoxy) is 2. The fourth-order valence-electron chi connectivity index (χ4n) is 6.30. The van der Waals surface area contributed by atoms with Crippen LogP contribution in [0, 0.1) is 0 Å². The average molecular weight is 677 g/mol. The van der Waals surface area contributed by atoms with E-state index in [-0.39, 0.29) is 12.6 Å². The zero-order valence-corrected chi connectivity index (χ0v) is 32.5. The summed E-state index contributed by atoms with van der Waals surface area (Å²) in [5.74, 6) is -0.199. The van der Waals surface area contributed by atoms with Gasteiger partial charge in [-0.25, -0.2) is 0 Å². The number of carbonyl (C=O) groups excluding carboxylic acids is 1. The predicted molar refractivity (Wildman–Crippen MR) is 210 cm³/mol. The summed E-state index contributed by atoms with van der Waals surface area (Å²) in [7, 11) is 0. The van der Waals surface area contributed by atoms with Crippen molar-refractivity contribution in [1.29, 1.82) is 0 Å². The number of aliphatic hydroxyl groups excluding tert-OH is 1. The van der Waals surface area contributed by atoms with Gasteiger partial charge in [0.15, 0.2) is 0 Å². The maximum Gasteiger partial charge on any atom is 0.306 e. The van der Waals surface area contributed by atoms with Crippen molar-refractivity contribution in [2.45, 2.75) is 232 Å². The van der Waals surface area contributed by atoms with Crippen molar-refractivity contribution in [3.63, 3.8) is 0 Å². The lowest BCUT2D eigenvalue weighted by Gasteiger charge is -2.16. The van der Waals surface area contributed by atoms with Gasteiger partial charge in [-0.3, -0.25) is 4.79 Å². The van der Waals surface area contributed by atoms with Crippen LogP contribution in [0.1, 0.15) is 226 Å². The van der Waals surface area contributed by atoms with Crippen LogP contribution in [0.5, 0.6) is 0 Å². The molecule has 0 aliphatic heterocycles. The third-order valence-corrected chi connectivity index (χ3v) is 9.53. The molecule has 4 nitrogen and oxygen atoms in total. The van der Waals surface area contributed by atoms with Crippen molar-refractivity contribution in [1.82, 2.24) is 0 Å². The summed E-state index contributed by atoms with van der Waals surface area (Å²) >= 11 is 0. The molecule has 0 bridgehead atoms. The number of hydrogen-bond acceptors (Lipinski definition) is 4. The Morgan fingerprint density at radius 1 is 0.500 bits per heavy atom. The number of hydrogen-bond donors (Lipinski definition) is 1. The fraction of sp³-hybridized carbons (Fsp3) is 0.886. The minimum atomic E-state index is -0.528.